The highest BCUT2D eigenvalue weighted by molar-refractivity contribution is 5.22. The second kappa shape index (κ2) is 5.02. The molecule has 2 saturated heterocycles. The van der Waals surface area contributed by atoms with Gasteiger partial charge in [-0.3, -0.25) is 0 Å². The summed E-state index contributed by atoms with van der Waals surface area (Å²) in [5, 5.41) is 3.73. The highest BCUT2D eigenvalue weighted by Gasteiger charge is 2.38. The third kappa shape index (κ3) is 2.60. The number of nitrogens with one attached hydrogen (secondary N) is 1. The van der Waals surface area contributed by atoms with Crippen LogP contribution >= 0.6 is 0 Å². The molecule has 2 heterocycles. The van der Waals surface area contributed by atoms with Gasteiger partial charge in [0.2, 0.25) is 0 Å². The number of hydrogen-bond acceptors (Lipinski definition) is 2. The first-order valence-corrected chi connectivity index (χ1v) is 7.21. The zero-order valence-electron chi connectivity index (χ0n) is 11.5. The SMILES string of the molecule is Cc1cccc(CN(C)CC2CC3CCC2N3)c1. The number of nitrogens with zero attached hydrogens (tertiary/aromatic N) is 1. The van der Waals surface area contributed by atoms with Gasteiger partial charge >= 0.3 is 0 Å². The smallest absolute Gasteiger partial charge is 0.0230 e. The molecule has 3 atom stereocenters. The molecule has 3 unspecified atom stereocenters. The zero-order chi connectivity index (χ0) is 12.5. The molecule has 0 amide bonds. The Balaban J connectivity index is 1.54. The van der Waals surface area contributed by atoms with E-state index in [0.717, 1.165) is 24.5 Å². The van der Waals surface area contributed by atoms with Crippen molar-refractivity contribution in [2.24, 2.45) is 5.92 Å². The van der Waals surface area contributed by atoms with Crippen molar-refractivity contribution in [3.05, 3.63) is 35.4 Å². The minimum atomic E-state index is 0.801. The lowest BCUT2D eigenvalue weighted by molar-refractivity contribution is 0.242. The average Bonchev–Trinajstić information content (AvgIpc) is 2.90. The van der Waals surface area contributed by atoms with Crippen LogP contribution in [-0.4, -0.2) is 30.6 Å². The van der Waals surface area contributed by atoms with Gasteiger partial charge in [-0.1, -0.05) is 29.8 Å². The summed E-state index contributed by atoms with van der Waals surface area (Å²) in [6.45, 7) is 4.49. The third-order valence-corrected chi connectivity index (χ3v) is 4.51. The fourth-order valence-corrected chi connectivity index (χ4v) is 3.73. The Kier molecular flexibility index (Phi) is 3.40. The Morgan fingerprint density at radius 2 is 2.22 bits per heavy atom. The molecule has 2 aliphatic rings. The molecule has 0 radical (unpaired) electrons. The predicted molar refractivity (Wildman–Crippen MR) is 75.6 cm³/mol. The van der Waals surface area contributed by atoms with E-state index in [9.17, 15) is 0 Å². The summed E-state index contributed by atoms with van der Waals surface area (Å²) in [6, 6.07) is 10.5. The molecule has 2 bridgehead atoms. The summed E-state index contributed by atoms with van der Waals surface area (Å²) in [7, 11) is 2.26. The number of fused-ring (bicyclic) bond motifs is 2. The molecule has 0 aromatic heterocycles. The number of hydrogen-bond donors (Lipinski definition) is 1. The van der Waals surface area contributed by atoms with E-state index in [1.54, 1.807) is 0 Å². The Morgan fingerprint density at radius 3 is 2.89 bits per heavy atom. The van der Waals surface area contributed by atoms with Crippen LogP contribution in [0.3, 0.4) is 0 Å². The molecule has 0 spiro atoms. The van der Waals surface area contributed by atoms with Crippen molar-refractivity contribution in [1.29, 1.82) is 0 Å². The minimum Gasteiger partial charge on any atom is -0.311 e. The molecule has 1 N–H and O–H groups in total. The van der Waals surface area contributed by atoms with Gasteiger partial charge in [-0.15, -0.1) is 0 Å². The van der Waals surface area contributed by atoms with Gasteiger partial charge in [0.15, 0.2) is 0 Å². The third-order valence-electron chi connectivity index (χ3n) is 4.51. The van der Waals surface area contributed by atoms with Crippen LogP contribution in [0, 0.1) is 12.8 Å². The van der Waals surface area contributed by atoms with E-state index in [-0.39, 0.29) is 0 Å². The van der Waals surface area contributed by atoms with Gasteiger partial charge < -0.3 is 10.2 Å². The lowest BCUT2D eigenvalue weighted by Gasteiger charge is -2.26. The number of benzene rings is 1. The first kappa shape index (κ1) is 12.2. The minimum absolute atomic E-state index is 0.801. The molecular weight excluding hydrogens is 220 g/mol. The molecule has 0 aliphatic carbocycles. The summed E-state index contributed by atoms with van der Waals surface area (Å²) < 4.78 is 0. The second-order valence-corrected chi connectivity index (χ2v) is 6.23. The molecule has 1 aromatic rings. The van der Waals surface area contributed by atoms with E-state index in [0.29, 0.717) is 0 Å². The molecule has 2 nitrogen and oxygen atoms in total. The van der Waals surface area contributed by atoms with Gasteiger partial charge in [0.1, 0.15) is 0 Å². The van der Waals surface area contributed by atoms with Gasteiger partial charge in [-0.25, -0.2) is 0 Å². The maximum absolute atomic E-state index is 3.73. The quantitative estimate of drug-likeness (QED) is 0.875. The largest absolute Gasteiger partial charge is 0.311 e. The van der Waals surface area contributed by atoms with Crippen molar-refractivity contribution in [1.82, 2.24) is 10.2 Å². The second-order valence-electron chi connectivity index (χ2n) is 6.23. The van der Waals surface area contributed by atoms with E-state index >= 15 is 0 Å². The fraction of sp³-hybridized carbons (Fsp3) is 0.625. The van der Waals surface area contributed by atoms with Crippen molar-refractivity contribution >= 4 is 0 Å². The van der Waals surface area contributed by atoms with E-state index < -0.39 is 0 Å². The van der Waals surface area contributed by atoms with Crippen LogP contribution in [0.2, 0.25) is 0 Å². The topological polar surface area (TPSA) is 15.3 Å². The average molecular weight is 244 g/mol. The molecule has 0 saturated carbocycles. The Hall–Kier alpha value is -0.860. The van der Waals surface area contributed by atoms with Crippen molar-refractivity contribution in [2.75, 3.05) is 13.6 Å². The van der Waals surface area contributed by atoms with Crippen LogP contribution in [0.15, 0.2) is 24.3 Å². The van der Waals surface area contributed by atoms with Gasteiger partial charge in [0.05, 0.1) is 0 Å². The molecule has 18 heavy (non-hydrogen) atoms. The van der Waals surface area contributed by atoms with Crippen LogP contribution in [0.1, 0.15) is 30.4 Å². The normalized spacial score (nSPS) is 30.3. The molecule has 2 fully saturated rings. The lowest BCUT2D eigenvalue weighted by atomic mass is 9.89. The lowest BCUT2D eigenvalue weighted by Crippen LogP contribution is -2.32. The Morgan fingerprint density at radius 1 is 1.33 bits per heavy atom. The highest BCUT2D eigenvalue weighted by Crippen LogP contribution is 2.33. The van der Waals surface area contributed by atoms with Crippen LogP contribution in [0.25, 0.3) is 0 Å². The maximum atomic E-state index is 3.73. The van der Waals surface area contributed by atoms with E-state index in [4.69, 9.17) is 0 Å². The summed E-state index contributed by atoms with van der Waals surface area (Å²) >= 11 is 0. The maximum Gasteiger partial charge on any atom is 0.0230 e. The van der Waals surface area contributed by atoms with Crippen LogP contribution < -0.4 is 5.32 Å². The van der Waals surface area contributed by atoms with Gasteiger partial charge in [-0.05, 0) is 44.7 Å². The first-order chi connectivity index (χ1) is 8.70. The number of rotatable bonds is 4. The van der Waals surface area contributed by atoms with E-state index in [2.05, 4.69) is 48.5 Å². The van der Waals surface area contributed by atoms with Crippen molar-refractivity contribution in [2.45, 2.75) is 44.8 Å². The van der Waals surface area contributed by atoms with Crippen molar-refractivity contribution < 1.29 is 0 Å². The Labute approximate surface area is 110 Å². The summed E-state index contributed by atoms with van der Waals surface area (Å²) in [5.41, 5.74) is 2.80. The van der Waals surface area contributed by atoms with E-state index in [1.807, 2.05) is 0 Å². The highest BCUT2D eigenvalue weighted by atomic mass is 15.1. The van der Waals surface area contributed by atoms with Crippen molar-refractivity contribution in [3.63, 3.8) is 0 Å². The van der Waals surface area contributed by atoms with Crippen LogP contribution in [0.5, 0.6) is 0 Å². The molecule has 2 heteroatoms. The standard InChI is InChI=1S/C16H24N2/c1-12-4-3-5-13(8-12)10-18(2)11-14-9-15-6-7-16(14)17-15/h3-5,8,14-17H,6-7,9-11H2,1-2H3. The predicted octanol–water partition coefficient (Wildman–Crippen LogP) is 2.57. The zero-order valence-corrected chi connectivity index (χ0v) is 11.5. The molecule has 98 valence electrons. The van der Waals surface area contributed by atoms with Crippen LogP contribution in [0.4, 0.5) is 0 Å². The monoisotopic (exact) mass is 244 g/mol. The summed E-state index contributed by atoms with van der Waals surface area (Å²) in [5.74, 6) is 0.874. The molecular formula is C16H24N2. The fourth-order valence-electron chi connectivity index (χ4n) is 3.73. The van der Waals surface area contributed by atoms with Gasteiger partial charge in [0.25, 0.3) is 0 Å². The summed E-state index contributed by atoms with van der Waals surface area (Å²) in [4.78, 5) is 2.49. The van der Waals surface area contributed by atoms with Gasteiger partial charge in [-0.2, -0.15) is 0 Å². The molecule has 2 aliphatic heterocycles. The number of aryl methyl sites for hydroxylation is 1. The van der Waals surface area contributed by atoms with Crippen molar-refractivity contribution in [3.8, 4) is 0 Å². The Bertz CT molecular complexity index is 415. The first-order valence-electron chi connectivity index (χ1n) is 7.21. The summed E-state index contributed by atoms with van der Waals surface area (Å²) in [6.07, 6.45) is 4.19. The molecule has 1 aromatic carbocycles. The molecule has 3 rings (SSSR count). The van der Waals surface area contributed by atoms with E-state index in [1.165, 1.54) is 36.9 Å². The van der Waals surface area contributed by atoms with Gasteiger partial charge in [0, 0.05) is 25.2 Å². The van der Waals surface area contributed by atoms with Crippen LogP contribution in [-0.2, 0) is 6.54 Å².